The van der Waals surface area contributed by atoms with Crippen LogP contribution >= 0.6 is 0 Å². The second kappa shape index (κ2) is 7.32. The number of nitrogens with one attached hydrogen (secondary N) is 1. The van der Waals surface area contributed by atoms with Crippen LogP contribution in [-0.4, -0.2) is 61.5 Å². The molecule has 1 atom stereocenters. The van der Waals surface area contributed by atoms with Crippen LogP contribution in [0.15, 0.2) is 18.6 Å². The molecule has 2 aromatic rings. The summed E-state index contributed by atoms with van der Waals surface area (Å²) in [5.41, 5.74) is 2.04. The van der Waals surface area contributed by atoms with Gasteiger partial charge >= 0.3 is 0 Å². The second-order valence-electron chi connectivity index (χ2n) is 7.99. The molecule has 0 saturated carbocycles. The zero-order chi connectivity index (χ0) is 18.9. The normalized spacial score (nSPS) is 18.1. The van der Waals surface area contributed by atoms with Crippen molar-refractivity contribution in [3.8, 4) is 11.3 Å². The van der Waals surface area contributed by atoms with Crippen LogP contribution in [0, 0.1) is 6.92 Å². The molecule has 2 aromatic heterocycles. The Hall–Kier alpha value is -1.99. The second-order valence-corrected chi connectivity index (χ2v) is 7.99. The van der Waals surface area contributed by atoms with Gasteiger partial charge < -0.3 is 15.3 Å². The van der Waals surface area contributed by atoms with Crippen molar-refractivity contribution in [2.24, 2.45) is 0 Å². The number of nitrogens with zero attached hydrogens (tertiary/aromatic N) is 5. The van der Waals surface area contributed by atoms with Gasteiger partial charge in [0.1, 0.15) is 0 Å². The van der Waals surface area contributed by atoms with Gasteiger partial charge in [-0.15, -0.1) is 0 Å². The van der Waals surface area contributed by atoms with E-state index in [0.717, 1.165) is 42.8 Å². The van der Waals surface area contributed by atoms with Crippen molar-refractivity contribution >= 4 is 5.95 Å². The number of rotatable bonds is 5. The third kappa shape index (κ3) is 4.22. The van der Waals surface area contributed by atoms with Crippen molar-refractivity contribution in [1.29, 1.82) is 0 Å². The first-order valence-electron chi connectivity index (χ1n) is 9.29. The number of likely N-dealkylation sites (tertiary alicyclic amines) is 1. The third-order valence-electron chi connectivity index (χ3n) is 5.31. The molecule has 3 heterocycles. The molecule has 142 valence electrons. The molecule has 7 nitrogen and oxygen atoms in total. The predicted molar refractivity (Wildman–Crippen MR) is 103 cm³/mol. The van der Waals surface area contributed by atoms with Gasteiger partial charge in [-0.25, -0.2) is 9.97 Å². The number of anilines is 1. The average molecular weight is 358 g/mol. The quantitative estimate of drug-likeness (QED) is 0.855. The van der Waals surface area contributed by atoms with Crippen LogP contribution in [-0.2, 0) is 0 Å². The first kappa shape index (κ1) is 18.8. The Bertz CT molecular complexity index is 743. The maximum Gasteiger partial charge on any atom is 0.223 e. The SMILES string of the molecule is Cc1cnc(N[C@H](C)C(C)(C)O)nc1-c1cnn(C2CCN(C)CC2)c1. The summed E-state index contributed by atoms with van der Waals surface area (Å²) < 4.78 is 2.08. The number of aliphatic hydroxyl groups is 1. The minimum absolute atomic E-state index is 0.167. The van der Waals surface area contributed by atoms with Crippen LogP contribution in [0.1, 0.15) is 45.2 Å². The van der Waals surface area contributed by atoms with E-state index in [9.17, 15) is 5.11 Å². The van der Waals surface area contributed by atoms with Crippen molar-refractivity contribution in [1.82, 2.24) is 24.6 Å². The number of hydrogen-bond donors (Lipinski definition) is 2. The molecule has 1 fully saturated rings. The number of piperidine rings is 1. The van der Waals surface area contributed by atoms with Crippen LogP contribution in [0.2, 0.25) is 0 Å². The van der Waals surface area contributed by atoms with E-state index in [1.54, 1.807) is 13.8 Å². The van der Waals surface area contributed by atoms with E-state index < -0.39 is 5.60 Å². The van der Waals surface area contributed by atoms with Gasteiger partial charge in [0.25, 0.3) is 0 Å². The summed E-state index contributed by atoms with van der Waals surface area (Å²) in [7, 11) is 2.16. The molecule has 0 bridgehead atoms. The highest BCUT2D eigenvalue weighted by Gasteiger charge is 2.23. The van der Waals surface area contributed by atoms with E-state index in [-0.39, 0.29) is 6.04 Å². The van der Waals surface area contributed by atoms with E-state index in [1.165, 1.54) is 0 Å². The van der Waals surface area contributed by atoms with Crippen LogP contribution in [0.25, 0.3) is 11.3 Å². The van der Waals surface area contributed by atoms with E-state index in [2.05, 4.69) is 43.2 Å². The number of aromatic nitrogens is 4. The molecule has 1 saturated heterocycles. The van der Waals surface area contributed by atoms with E-state index >= 15 is 0 Å². The van der Waals surface area contributed by atoms with Crippen LogP contribution in [0.5, 0.6) is 0 Å². The molecule has 3 rings (SSSR count). The fraction of sp³-hybridized carbons (Fsp3) is 0.632. The number of aryl methyl sites for hydroxylation is 1. The highest BCUT2D eigenvalue weighted by Crippen LogP contribution is 2.26. The van der Waals surface area contributed by atoms with Gasteiger partial charge in [-0.2, -0.15) is 5.10 Å². The lowest BCUT2D eigenvalue weighted by Crippen LogP contribution is -2.39. The monoisotopic (exact) mass is 358 g/mol. The summed E-state index contributed by atoms with van der Waals surface area (Å²) in [6.45, 7) is 9.67. The first-order chi connectivity index (χ1) is 12.2. The minimum Gasteiger partial charge on any atom is -0.388 e. The maximum atomic E-state index is 10.1. The van der Waals surface area contributed by atoms with Gasteiger partial charge in [0.2, 0.25) is 5.95 Å². The number of hydrogen-bond acceptors (Lipinski definition) is 6. The van der Waals surface area contributed by atoms with Gasteiger partial charge in [0.05, 0.1) is 29.6 Å². The maximum absolute atomic E-state index is 10.1. The zero-order valence-corrected chi connectivity index (χ0v) is 16.4. The molecule has 26 heavy (non-hydrogen) atoms. The molecule has 7 heteroatoms. The molecule has 1 aliphatic heterocycles. The lowest BCUT2D eigenvalue weighted by atomic mass is 10.0. The minimum atomic E-state index is -0.854. The van der Waals surface area contributed by atoms with E-state index in [0.29, 0.717) is 12.0 Å². The largest absolute Gasteiger partial charge is 0.388 e. The Morgan fingerprint density at radius 3 is 2.62 bits per heavy atom. The van der Waals surface area contributed by atoms with E-state index in [4.69, 9.17) is 0 Å². The van der Waals surface area contributed by atoms with Crippen molar-refractivity contribution in [3.63, 3.8) is 0 Å². The molecule has 0 spiro atoms. The molecule has 0 aliphatic carbocycles. The summed E-state index contributed by atoms with van der Waals surface area (Å²) in [6, 6.07) is 0.287. The van der Waals surface area contributed by atoms with Crippen molar-refractivity contribution in [2.75, 3.05) is 25.5 Å². The summed E-state index contributed by atoms with van der Waals surface area (Å²) in [5, 5.41) is 17.9. The summed E-state index contributed by atoms with van der Waals surface area (Å²) in [6.07, 6.45) is 8.03. The van der Waals surface area contributed by atoms with Gasteiger partial charge in [-0.3, -0.25) is 4.68 Å². The van der Waals surface area contributed by atoms with E-state index in [1.807, 2.05) is 26.2 Å². The van der Waals surface area contributed by atoms with Gasteiger partial charge in [-0.1, -0.05) is 0 Å². The fourth-order valence-corrected chi connectivity index (χ4v) is 3.09. The molecule has 0 aromatic carbocycles. The average Bonchev–Trinajstić information content (AvgIpc) is 3.06. The van der Waals surface area contributed by atoms with Crippen molar-refractivity contribution in [2.45, 2.75) is 58.2 Å². The lowest BCUT2D eigenvalue weighted by molar-refractivity contribution is 0.0646. The molecular formula is C19H30N6O. The summed E-state index contributed by atoms with van der Waals surface area (Å²) >= 11 is 0. The Kier molecular flexibility index (Phi) is 5.29. The standard InChI is InChI=1S/C19H30N6O/c1-13-10-20-18(22-14(2)19(3,4)26)23-17(13)15-11-21-25(12-15)16-6-8-24(5)9-7-16/h10-12,14,16,26H,6-9H2,1-5H3,(H,20,22,23)/t14-/m1/s1. The van der Waals surface area contributed by atoms with Crippen LogP contribution in [0.4, 0.5) is 5.95 Å². The Morgan fingerprint density at radius 2 is 1.96 bits per heavy atom. The molecule has 0 unspecified atom stereocenters. The Morgan fingerprint density at radius 1 is 1.27 bits per heavy atom. The summed E-state index contributed by atoms with van der Waals surface area (Å²) in [5.74, 6) is 0.521. The fourth-order valence-electron chi connectivity index (χ4n) is 3.09. The molecule has 0 radical (unpaired) electrons. The van der Waals surface area contributed by atoms with Gasteiger partial charge in [0, 0.05) is 18.0 Å². The third-order valence-corrected chi connectivity index (χ3v) is 5.31. The predicted octanol–water partition coefficient (Wildman–Crippen LogP) is 2.49. The highest BCUT2D eigenvalue weighted by molar-refractivity contribution is 5.62. The molecule has 1 aliphatic rings. The Labute approximate surface area is 155 Å². The highest BCUT2D eigenvalue weighted by atomic mass is 16.3. The topological polar surface area (TPSA) is 79.1 Å². The van der Waals surface area contributed by atoms with Crippen molar-refractivity contribution in [3.05, 3.63) is 24.2 Å². The van der Waals surface area contributed by atoms with Gasteiger partial charge in [-0.05, 0) is 66.2 Å². The molecular weight excluding hydrogens is 328 g/mol. The van der Waals surface area contributed by atoms with Crippen LogP contribution < -0.4 is 5.32 Å². The van der Waals surface area contributed by atoms with Crippen LogP contribution in [0.3, 0.4) is 0 Å². The lowest BCUT2D eigenvalue weighted by Gasteiger charge is -2.29. The first-order valence-corrected chi connectivity index (χ1v) is 9.29. The van der Waals surface area contributed by atoms with Gasteiger partial charge in [0.15, 0.2) is 0 Å². The molecule has 2 N–H and O–H groups in total. The molecule has 0 amide bonds. The zero-order valence-electron chi connectivity index (χ0n) is 16.4. The Balaban J connectivity index is 1.80. The summed E-state index contributed by atoms with van der Waals surface area (Å²) in [4.78, 5) is 11.4. The van der Waals surface area contributed by atoms with Crippen molar-refractivity contribution < 1.29 is 5.11 Å². The smallest absolute Gasteiger partial charge is 0.223 e.